The number of hydrogen-bond acceptors (Lipinski definition) is 4. The molecule has 0 aliphatic rings. The topological polar surface area (TPSA) is 39.2 Å². The number of halogens is 7. The van der Waals surface area contributed by atoms with Crippen molar-refractivity contribution in [1.29, 1.82) is 0 Å². The molecule has 1 aromatic heterocycles. The van der Waals surface area contributed by atoms with E-state index in [2.05, 4.69) is 9.72 Å². The third kappa shape index (κ3) is 4.40. The molecule has 0 bridgehead atoms. The number of alkyl halides is 7. The Morgan fingerprint density at radius 1 is 1.30 bits per heavy atom. The van der Waals surface area contributed by atoms with Gasteiger partial charge >= 0.3 is 18.5 Å². The van der Waals surface area contributed by atoms with Crippen molar-refractivity contribution in [1.82, 2.24) is 4.98 Å². The van der Waals surface area contributed by atoms with E-state index in [1.54, 1.807) is 0 Å². The number of hydrogen-bond donors (Lipinski definition) is 0. The van der Waals surface area contributed by atoms with Gasteiger partial charge in [-0.25, -0.2) is 13.8 Å². The summed E-state index contributed by atoms with van der Waals surface area (Å²) in [6.45, 7) is -2.75. The summed E-state index contributed by atoms with van der Waals surface area (Å²) in [6.07, 6.45) is -8.07. The third-order valence-corrected chi connectivity index (χ3v) is 2.95. The fraction of sp³-hybridized carbons (Fsp3) is 0.556. The SMILES string of the molecule is O=C(COCC(F)(F)C(F)F)c1cnc(C(F)(F)F)s1. The summed E-state index contributed by atoms with van der Waals surface area (Å²) in [6, 6.07) is 0. The summed E-state index contributed by atoms with van der Waals surface area (Å²) >= 11 is 0.0109. The number of carbonyl (C=O) groups excluding carboxylic acids is 1. The second-order valence-corrected chi connectivity index (χ2v) is 4.54. The highest BCUT2D eigenvalue weighted by Gasteiger charge is 2.41. The van der Waals surface area contributed by atoms with Crippen molar-refractivity contribution in [2.24, 2.45) is 0 Å². The standard InChI is InChI=1S/C9H6F7NO2S/c10-6(11)8(12,13)3-19-2-4(18)5-1-17-7(20-5)9(14,15)16/h1,6H,2-3H2. The van der Waals surface area contributed by atoms with Crippen LogP contribution in [0.1, 0.15) is 14.7 Å². The molecule has 1 heterocycles. The number of aromatic nitrogens is 1. The van der Waals surface area contributed by atoms with Gasteiger partial charge in [0.1, 0.15) is 13.2 Å². The van der Waals surface area contributed by atoms with Crippen LogP contribution in [0.4, 0.5) is 30.7 Å². The normalized spacial score (nSPS) is 13.0. The Balaban J connectivity index is 2.54. The van der Waals surface area contributed by atoms with Gasteiger partial charge in [0.2, 0.25) is 0 Å². The molecule has 0 spiro atoms. The Morgan fingerprint density at radius 2 is 1.90 bits per heavy atom. The van der Waals surface area contributed by atoms with Crippen LogP contribution in [-0.2, 0) is 10.9 Å². The summed E-state index contributed by atoms with van der Waals surface area (Å²) < 4.78 is 89.0. The molecule has 3 nitrogen and oxygen atoms in total. The van der Waals surface area contributed by atoms with Crippen molar-refractivity contribution in [3.63, 3.8) is 0 Å². The average molecular weight is 325 g/mol. The Kier molecular flexibility index (Phi) is 5.08. The lowest BCUT2D eigenvalue weighted by Crippen LogP contribution is -2.33. The lowest BCUT2D eigenvalue weighted by Gasteiger charge is -2.14. The van der Waals surface area contributed by atoms with Crippen molar-refractivity contribution in [3.05, 3.63) is 16.1 Å². The number of ketones is 1. The van der Waals surface area contributed by atoms with E-state index in [1.807, 2.05) is 0 Å². The van der Waals surface area contributed by atoms with Crippen molar-refractivity contribution in [3.8, 4) is 0 Å². The van der Waals surface area contributed by atoms with Gasteiger partial charge in [-0.15, -0.1) is 11.3 Å². The molecule has 1 aromatic rings. The van der Waals surface area contributed by atoms with Crippen LogP contribution in [0.2, 0.25) is 0 Å². The monoisotopic (exact) mass is 325 g/mol. The van der Waals surface area contributed by atoms with E-state index in [9.17, 15) is 35.5 Å². The van der Waals surface area contributed by atoms with Crippen LogP contribution in [0.15, 0.2) is 6.20 Å². The molecule has 0 unspecified atom stereocenters. The maximum atomic E-state index is 12.4. The Labute approximate surface area is 111 Å². The minimum atomic E-state index is -4.73. The number of thiazole rings is 1. The van der Waals surface area contributed by atoms with Crippen molar-refractivity contribution in [2.45, 2.75) is 18.5 Å². The first kappa shape index (κ1) is 16.8. The summed E-state index contributed by atoms with van der Waals surface area (Å²) in [5.74, 6) is -5.48. The Bertz CT molecular complexity index is 471. The molecular weight excluding hydrogens is 319 g/mol. The lowest BCUT2D eigenvalue weighted by molar-refractivity contribution is -0.163. The van der Waals surface area contributed by atoms with Gasteiger partial charge < -0.3 is 4.74 Å². The predicted octanol–water partition coefficient (Wildman–Crippen LogP) is 3.26. The van der Waals surface area contributed by atoms with Gasteiger partial charge in [0.05, 0.1) is 4.88 Å². The molecule has 0 aliphatic carbocycles. The van der Waals surface area contributed by atoms with E-state index >= 15 is 0 Å². The number of carbonyl (C=O) groups is 1. The number of ether oxygens (including phenoxy) is 1. The zero-order chi connectivity index (χ0) is 15.6. The quantitative estimate of drug-likeness (QED) is 0.595. The van der Waals surface area contributed by atoms with Crippen LogP contribution in [0, 0.1) is 0 Å². The van der Waals surface area contributed by atoms with Gasteiger partial charge in [-0.1, -0.05) is 0 Å². The van der Waals surface area contributed by atoms with Crippen molar-refractivity contribution < 1.29 is 40.3 Å². The fourth-order valence-corrected chi connectivity index (χ4v) is 1.66. The molecule has 0 aliphatic heterocycles. The highest BCUT2D eigenvalue weighted by Crippen LogP contribution is 2.32. The highest BCUT2D eigenvalue weighted by molar-refractivity contribution is 7.13. The molecule has 0 saturated heterocycles. The van der Waals surface area contributed by atoms with Crippen molar-refractivity contribution in [2.75, 3.05) is 13.2 Å². The average Bonchev–Trinajstić information content (AvgIpc) is 2.77. The number of nitrogens with zero attached hydrogens (tertiary/aromatic N) is 1. The predicted molar refractivity (Wildman–Crippen MR) is 53.2 cm³/mol. The summed E-state index contributed by atoms with van der Waals surface area (Å²) in [5.41, 5.74) is 0. The molecule has 0 fully saturated rings. The first-order valence-corrected chi connectivity index (χ1v) is 5.65. The molecule has 0 aromatic carbocycles. The van der Waals surface area contributed by atoms with E-state index in [0.717, 1.165) is 0 Å². The molecule has 0 amide bonds. The summed E-state index contributed by atoms with van der Waals surface area (Å²) in [4.78, 5) is 13.8. The smallest absolute Gasteiger partial charge is 0.367 e. The lowest BCUT2D eigenvalue weighted by atomic mass is 10.3. The fourth-order valence-electron chi connectivity index (χ4n) is 0.948. The van der Waals surface area contributed by atoms with E-state index in [1.165, 1.54) is 0 Å². The van der Waals surface area contributed by atoms with Crippen LogP contribution < -0.4 is 0 Å². The minimum absolute atomic E-state index is 0.0109. The van der Waals surface area contributed by atoms with E-state index in [4.69, 9.17) is 0 Å². The second-order valence-electron chi connectivity index (χ2n) is 3.51. The molecule has 0 saturated carbocycles. The molecule has 0 radical (unpaired) electrons. The van der Waals surface area contributed by atoms with Crippen LogP contribution in [0.25, 0.3) is 0 Å². The maximum absolute atomic E-state index is 12.4. The zero-order valence-electron chi connectivity index (χ0n) is 9.39. The van der Waals surface area contributed by atoms with Crippen LogP contribution >= 0.6 is 11.3 Å². The maximum Gasteiger partial charge on any atom is 0.443 e. The summed E-state index contributed by atoms with van der Waals surface area (Å²) in [7, 11) is 0. The number of rotatable bonds is 6. The minimum Gasteiger partial charge on any atom is -0.367 e. The molecule has 1 rings (SSSR count). The second kappa shape index (κ2) is 6.04. The molecular formula is C9H6F7NO2S. The zero-order valence-corrected chi connectivity index (χ0v) is 10.2. The van der Waals surface area contributed by atoms with E-state index in [-0.39, 0.29) is 11.3 Å². The first-order valence-electron chi connectivity index (χ1n) is 4.84. The largest absolute Gasteiger partial charge is 0.443 e. The van der Waals surface area contributed by atoms with Gasteiger partial charge in [0.25, 0.3) is 0 Å². The molecule has 11 heteroatoms. The van der Waals surface area contributed by atoms with Crippen LogP contribution in [0.5, 0.6) is 0 Å². The van der Waals surface area contributed by atoms with E-state index < -0.39 is 47.4 Å². The van der Waals surface area contributed by atoms with Gasteiger partial charge in [-0.3, -0.25) is 4.79 Å². The van der Waals surface area contributed by atoms with Crippen molar-refractivity contribution >= 4 is 17.1 Å². The van der Waals surface area contributed by atoms with Gasteiger partial charge in [0.15, 0.2) is 10.8 Å². The Hall–Kier alpha value is -1.23. The first-order chi connectivity index (χ1) is 9.04. The van der Waals surface area contributed by atoms with Gasteiger partial charge in [-0.05, 0) is 0 Å². The van der Waals surface area contributed by atoms with Gasteiger partial charge in [-0.2, -0.15) is 22.0 Å². The van der Waals surface area contributed by atoms with Crippen LogP contribution in [0.3, 0.4) is 0 Å². The molecule has 0 N–H and O–H groups in total. The third-order valence-electron chi connectivity index (χ3n) is 1.87. The molecule has 20 heavy (non-hydrogen) atoms. The number of Topliss-reactive ketones (excluding diaryl/α,β-unsaturated/α-hetero) is 1. The Morgan fingerprint density at radius 3 is 2.35 bits per heavy atom. The molecule has 114 valence electrons. The molecule has 0 atom stereocenters. The van der Waals surface area contributed by atoms with Crippen LogP contribution in [-0.4, -0.2) is 36.3 Å². The van der Waals surface area contributed by atoms with Gasteiger partial charge in [0, 0.05) is 6.20 Å². The highest BCUT2D eigenvalue weighted by atomic mass is 32.1. The summed E-state index contributed by atoms with van der Waals surface area (Å²) in [5, 5.41) is -1.28. The van der Waals surface area contributed by atoms with E-state index in [0.29, 0.717) is 6.20 Å².